The highest BCUT2D eigenvalue weighted by molar-refractivity contribution is 9.10. The van der Waals surface area contributed by atoms with E-state index in [4.69, 9.17) is 11.6 Å². The summed E-state index contributed by atoms with van der Waals surface area (Å²) in [5.74, 6) is 0. The highest BCUT2D eigenvalue weighted by atomic mass is 79.9. The average molecular weight is 330 g/mol. The Morgan fingerprint density at radius 2 is 1.94 bits per heavy atom. The van der Waals surface area contributed by atoms with E-state index in [-0.39, 0.29) is 0 Å². The first-order valence-corrected chi connectivity index (χ1v) is 7.77. The Labute approximate surface area is 122 Å². The molecule has 18 heavy (non-hydrogen) atoms. The predicted molar refractivity (Wildman–Crippen MR) is 80.5 cm³/mol. The second kappa shape index (κ2) is 5.03. The number of piperidine rings is 1. The summed E-state index contributed by atoms with van der Waals surface area (Å²) >= 11 is 9.69. The van der Waals surface area contributed by atoms with Crippen molar-refractivity contribution in [3.8, 4) is 0 Å². The first-order chi connectivity index (χ1) is 8.69. The molecule has 1 aromatic carbocycles. The Kier molecular flexibility index (Phi) is 3.57. The van der Waals surface area contributed by atoms with Crippen LogP contribution in [0.15, 0.2) is 22.7 Å². The maximum atomic E-state index is 6.03. The summed E-state index contributed by atoms with van der Waals surface area (Å²) in [6, 6.07) is 8.19. The van der Waals surface area contributed by atoms with Gasteiger partial charge in [-0.25, -0.2) is 0 Å². The van der Waals surface area contributed by atoms with E-state index < -0.39 is 0 Å². The molecule has 0 aromatic heterocycles. The van der Waals surface area contributed by atoms with Crippen molar-refractivity contribution in [1.29, 1.82) is 0 Å². The van der Waals surface area contributed by atoms with E-state index in [1.165, 1.54) is 31.4 Å². The molecular formula is C14H18BrClN2. The molecule has 0 spiro atoms. The monoisotopic (exact) mass is 328 g/mol. The van der Waals surface area contributed by atoms with Gasteiger partial charge in [-0.3, -0.25) is 0 Å². The molecule has 0 radical (unpaired) electrons. The summed E-state index contributed by atoms with van der Waals surface area (Å²) in [6.07, 6.45) is 5.14. The lowest BCUT2D eigenvalue weighted by Gasteiger charge is -2.41. The fourth-order valence-electron chi connectivity index (χ4n) is 3.50. The number of fused-ring (bicyclic) bond motifs is 2. The minimum absolute atomic E-state index is 0.679. The van der Waals surface area contributed by atoms with Gasteiger partial charge in [-0.15, -0.1) is 0 Å². The van der Waals surface area contributed by atoms with Crippen LogP contribution in [0.1, 0.15) is 25.7 Å². The molecule has 0 aliphatic carbocycles. The Hall–Kier alpha value is -0.250. The van der Waals surface area contributed by atoms with E-state index in [0.29, 0.717) is 18.1 Å². The first kappa shape index (κ1) is 12.8. The van der Waals surface area contributed by atoms with Crippen LogP contribution in [0.5, 0.6) is 0 Å². The lowest BCUT2D eigenvalue weighted by Crippen LogP contribution is -2.48. The zero-order chi connectivity index (χ0) is 12.7. The highest BCUT2D eigenvalue weighted by Crippen LogP contribution is 2.42. The fourth-order valence-corrected chi connectivity index (χ4v) is 4.38. The summed E-state index contributed by atoms with van der Waals surface area (Å²) in [5.41, 5.74) is 1.31. The summed E-state index contributed by atoms with van der Waals surface area (Å²) < 4.78 is 1.12. The Bertz CT molecular complexity index is 437. The summed E-state index contributed by atoms with van der Waals surface area (Å²) in [5, 5.41) is 4.24. The summed E-state index contributed by atoms with van der Waals surface area (Å²) in [6.45, 7) is 0. The minimum atomic E-state index is 0.679. The molecule has 3 rings (SSSR count). The standard InChI is InChI=1S/C14H18BrClN2/c1-17-10-7-11-3-4-12(8-10)18(11)14-5-2-9(16)6-13(14)15/h2,5-6,10-12,17H,3-4,7-8H2,1H3. The molecule has 2 atom stereocenters. The SMILES string of the molecule is CNC1CC2CCC(C1)N2c1ccc(Cl)cc1Br. The van der Waals surface area contributed by atoms with E-state index in [1.807, 2.05) is 12.1 Å². The molecule has 0 amide bonds. The van der Waals surface area contributed by atoms with Gasteiger partial charge in [0.1, 0.15) is 0 Å². The smallest absolute Gasteiger partial charge is 0.0516 e. The second-order valence-corrected chi connectivity index (χ2v) is 6.64. The van der Waals surface area contributed by atoms with E-state index in [0.717, 1.165) is 9.50 Å². The number of hydrogen-bond acceptors (Lipinski definition) is 2. The Morgan fingerprint density at radius 3 is 2.50 bits per heavy atom. The van der Waals surface area contributed by atoms with Gasteiger partial charge < -0.3 is 10.2 Å². The van der Waals surface area contributed by atoms with Crippen molar-refractivity contribution in [3.05, 3.63) is 27.7 Å². The molecule has 1 N–H and O–H groups in total. The summed E-state index contributed by atoms with van der Waals surface area (Å²) in [7, 11) is 2.08. The maximum Gasteiger partial charge on any atom is 0.0516 e. The largest absolute Gasteiger partial charge is 0.365 e. The normalized spacial score (nSPS) is 30.8. The maximum absolute atomic E-state index is 6.03. The van der Waals surface area contributed by atoms with Gasteiger partial charge in [-0.1, -0.05) is 11.6 Å². The van der Waals surface area contributed by atoms with Crippen molar-refractivity contribution < 1.29 is 0 Å². The molecule has 2 aliphatic rings. The van der Waals surface area contributed by atoms with Gasteiger partial charge >= 0.3 is 0 Å². The van der Waals surface area contributed by atoms with Crippen molar-refractivity contribution in [2.24, 2.45) is 0 Å². The van der Waals surface area contributed by atoms with Crippen LogP contribution < -0.4 is 10.2 Å². The van der Waals surface area contributed by atoms with E-state index >= 15 is 0 Å². The zero-order valence-electron chi connectivity index (χ0n) is 10.5. The van der Waals surface area contributed by atoms with Crippen LogP contribution in [-0.4, -0.2) is 25.2 Å². The van der Waals surface area contributed by atoms with Crippen LogP contribution in [0.2, 0.25) is 5.02 Å². The molecule has 2 fully saturated rings. The molecule has 4 heteroatoms. The Morgan fingerprint density at radius 1 is 1.28 bits per heavy atom. The van der Waals surface area contributed by atoms with Crippen LogP contribution in [0.25, 0.3) is 0 Å². The minimum Gasteiger partial charge on any atom is -0.365 e. The topological polar surface area (TPSA) is 15.3 Å². The number of hydrogen-bond donors (Lipinski definition) is 1. The second-order valence-electron chi connectivity index (χ2n) is 5.35. The molecule has 0 saturated carbocycles. The van der Waals surface area contributed by atoms with Crippen LogP contribution >= 0.6 is 27.5 Å². The van der Waals surface area contributed by atoms with Gasteiger partial charge in [0, 0.05) is 27.6 Å². The number of rotatable bonds is 2. The van der Waals surface area contributed by atoms with Crippen LogP contribution in [-0.2, 0) is 0 Å². The molecule has 2 bridgehead atoms. The molecule has 98 valence electrons. The van der Waals surface area contributed by atoms with E-state index in [2.05, 4.69) is 39.3 Å². The molecule has 1 aromatic rings. The number of benzene rings is 1. The van der Waals surface area contributed by atoms with Crippen molar-refractivity contribution in [2.45, 2.75) is 43.8 Å². The number of nitrogens with zero attached hydrogens (tertiary/aromatic N) is 1. The number of anilines is 1. The van der Waals surface area contributed by atoms with Crippen molar-refractivity contribution in [2.75, 3.05) is 11.9 Å². The first-order valence-electron chi connectivity index (χ1n) is 6.59. The highest BCUT2D eigenvalue weighted by Gasteiger charge is 2.40. The third kappa shape index (κ3) is 2.17. The molecule has 2 heterocycles. The van der Waals surface area contributed by atoms with Gasteiger partial charge in [0.25, 0.3) is 0 Å². The number of nitrogens with one attached hydrogen (secondary N) is 1. The van der Waals surface area contributed by atoms with Crippen LogP contribution in [0.4, 0.5) is 5.69 Å². The van der Waals surface area contributed by atoms with Crippen molar-refractivity contribution in [1.82, 2.24) is 5.32 Å². The Balaban J connectivity index is 1.89. The van der Waals surface area contributed by atoms with Gasteiger partial charge in [-0.2, -0.15) is 0 Å². The van der Waals surface area contributed by atoms with Crippen LogP contribution in [0, 0.1) is 0 Å². The lowest BCUT2D eigenvalue weighted by atomic mass is 9.97. The third-order valence-corrected chi connectivity index (χ3v) is 5.20. The van der Waals surface area contributed by atoms with Gasteiger partial charge in [0.2, 0.25) is 0 Å². The molecule has 2 saturated heterocycles. The van der Waals surface area contributed by atoms with E-state index in [9.17, 15) is 0 Å². The quantitative estimate of drug-likeness (QED) is 0.887. The summed E-state index contributed by atoms with van der Waals surface area (Å²) in [4.78, 5) is 2.61. The van der Waals surface area contributed by atoms with Gasteiger partial charge in [0.15, 0.2) is 0 Å². The molecular weight excluding hydrogens is 312 g/mol. The van der Waals surface area contributed by atoms with Gasteiger partial charge in [-0.05, 0) is 66.9 Å². The zero-order valence-corrected chi connectivity index (χ0v) is 12.8. The third-order valence-electron chi connectivity index (χ3n) is 4.33. The number of halogens is 2. The van der Waals surface area contributed by atoms with Gasteiger partial charge in [0.05, 0.1) is 5.69 Å². The van der Waals surface area contributed by atoms with Crippen molar-refractivity contribution >= 4 is 33.2 Å². The van der Waals surface area contributed by atoms with E-state index in [1.54, 1.807) is 0 Å². The fraction of sp³-hybridized carbons (Fsp3) is 0.571. The predicted octanol–water partition coefficient (Wildman–Crippen LogP) is 3.82. The van der Waals surface area contributed by atoms with Crippen LogP contribution in [0.3, 0.4) is 0 Å². The van der Waals surface area contributed by atoms with Crippen molar-refractivity contribution in [3.63, 3.8) is 0 Å². The molecule has 2 nitrogen and oxygen atoms in total. The lowest BCUT2D eigenvalue weighted by molar-refractivity contribution is 0.373. The average Bonchev–Trinajstić information content (AvgIpc) is 2.60. The molecule has 2 unspecified atom stereocenters. The molecule has 2 aliphatic heterocycles.